The third-order valence-electron chi connectivity index (χ3n) is 3.88. The van der Waals surface area contributed by atoms with Crippen LogP contribution in [0.4, 0.5) is 5.69 Å². The second kappa shape index (κ2) is 5.71. The molecular weight excluding hydrogens is 276 g/mol. The number of nitrogens with one attached hydrogen (secondary N) is 2. The van der Waals surface area contributed by atoms with Gasteiger partial charge < -0.3 is 10.1 Å². The van der Waals surface area contributed by atoms with Crippen molar-refractivity contribution in [2.24, 2.45) is 0 Å². The van der Waals surface area contributed by atoms with E-state index in [-0.39, 0.29) is 6.10 Å². The molecule has 0 saturated carbocycles. The number of anilines is 1. The fourth-order valence-electron chi connectivity index (χ4n) is 2.69. The molecule has 20 heavy (non-hydrogen) atoms. The number of fused-ring (bicyclic) bond motifs is 1. The minimum atomic E-state index is -3.45. The molecule has 0 aliphatic carbocycles. The smallest absolute Gasteiger partial charge is 0.240 e. The van der Waals surface area contributed by atoms with E-state index in [1.54, 1.807) is 12.1 Å². The molecule has 1 fully saturated rings. The lowest BCUT2D eigenvalue weighted by atomic mass is 10.1. The summed E-state index contributed by atoms with van der Waals surface area (Å²) in [6, 6.07) is 5.28. The van der Waals surface area contributed by atoms with E-state index in [2.05, 4.69) is 10.0 Å². The summed E-state index contributed by atoms with van der Waals surface area (Å²) in [4.78, 5) is 0.321. The van der Waals surface area contributed by atoms with Crippen molar-refractivity contribution < 1.29 is 13.2 Å². The second-order valence-electron chi connectivity index (χ2n) is 5.34. The molecule has 110 valence electrons. The van der Waals surface area contributed by atoms with Crippen molar-refractivity contribution in [1.29, 1.82) is 0 Å². The Morgan fingerprint density at radius 1 is 1.35 bits per heavy atom. The highest BCUT2D eigenvalue weighted by Crippen LogP contribution is 2.25. The second-order valence-corrected chi connectivity index (χ2v) is 7.10. The molecule has 2 aliphatic rings. The van der Waals surface area contributed by atoms with Gasteiger partial charge >= 0.3 is 0 Å². The first-order valence-corrected chi connectivity index (χ1v) is 8.61. The van der Waals surface area contributed by atoms with Crippen molar-refractivity contribution in [3.05, 3.63) is 23.8 Å². The van der Waals surface area contributed by atoms with Gasteiger partial charge in [0.2, 0.25) is 10.0 Å². The minimum absolute atomic E-state index is 0.00563. The van der Waals surface area contributed by atoms with Gasteiger partial charge in [0.05, 0.1) is 11.0 Å². The molecule has 0 aromatic heterocycles. The predicted molar refractivity (Wildman–Crippen MR) is 77.4 cm³/mol. The maximum atomic E-state index is 12.3. The summed E-state index contributed by atoms with van der Waals surface area (Å²) in [5.41, 5.74) is 2.11. The molecule has 2 N–H and O–H groups in total. The van der Waals surface area contributed by atoms with E-state index in [0.29, 0.717) is 11.4 Å². The summed E-state index contributed by atoms with van der Waals surface area (Å²) < 4.78 is 32.8. The van der Waals surface area contributed by atoms with E-state index in [0.717, 1.165) is 44.5 Å². The largest absolute Gasteiger partial charge is 0.384 e. The molecule has 1 aromatic rings. The monoisotopic (exact) mass is 296 g/mol. The van der Waals surface area contributed by atoms with Gasteiger partial charge in [-0.1, -0.05) is 6.07 Å². The summed E-state index contributed by atoms with van der Waals surface area (Å²) in [6.07, 6.45) is 4.06. The highest BCUT2D eigenvalue weighted by Gasteiger charge is 2.21. The Morgan fingerprint density at radius 2 is 2.25 bits per heavy atom. The first-order chi connectivity index (χ1) is 9.65. The third kappa shape index (κ3) is 2.97. The average Bonchev–Trinajstić information content (AvgIpc) is 2.94. The van der Waals surface area contributed by atoms with E-state index in [1.807, 2.05) is 6.07 Å². The summed E-state index contributed by atoms with van der Waals surface area (Å²) in [5.74, 6) is 0. The number of ether oxygens (including phenoxy) is 1. The lowest BCUT2D eigenvalue weighted by Gasteiger charge is -2.22. The molecule has 6 heteroatoms. The molecule has 1 saturated heterocycles. The maximum Gasteiger partial charge on any atom is 0.240 e. The topological polar surface area (TPSA) is 67.4 Å². The zero-order valence-electron chi connectivity index (χ0n) is 11.4. The van der Waals surface area contributed by atoms with Gasteiger partial charge in [-0.25, -0.2) is 13.1 Å². The summed E-state index contributed by atoms with van der Waals surface area (Å²) in [5, 5.41) is 3.20. The molecule has 0 bridgehead atoms. The highest BCUT2D eigenvalue weighted by molar-refractivity contribution is 7.89. The third-order valence-corrected chi connectivity index (χ3v) is 5.30. The van der Waals surface area contributed by atoms with Crippen molar-refractivity contribution in [1.82, 2.24) is 4.72 Å². The molecular formula is C14H20N2O3S. The van der Waals surface area contributed by atoms with Crippen molar-refractivity contribution >= 4 is 15.7 Å². The van der Waals surface area contributed by atoms with Crippen LogP contribution in [0.5, 0.6) is 0 Å². The zero-order chi connectivity index (χ0) is 14.0. The Balaban J connectivity index is 1.68. The van der Waals surface area contributed by atoms with Gasteiger partial charge in [-0.3, -0.25) is 0 Å². The van der Waals surface area contributed by atoms with Crippen LogP contribution in [0, 0.1) is 0 Å². The molecule has 3 rings (SSSR count). The minimum Gasteiger partial charge on any atom is -0.384 e. The van der Waals surface area contributed by atoms with E-state index < -0.39 is 10.0 Å². The SMILES string of the molecule is O=S(=O)(NCC1CCCCO1)c1ccc2c(c1)NCC2. The van der Waals surface area contributed by atoms with Gasteiger partial charge in [0.15, 0.2) is 0 Å². The molecule has 0 radical (unpaired) electrons. The molecule has 1 unspecified atom stereocenters. The standard InChI is InChI=1S/C14H20N2O3S/c17-20(18,16-10-12-3-1-2-8-19-12)13-5-4-11-6-7-15-14(11)9-13/h4-5,9,12,15-16H,1-3,6-8,10H2. The van der Waals surface area contributed by atoms with Crippen LogP contribution in [0.3, 0.4) is 0 Å². The molecule has 0 amide bonds. The van der Waals surface area contributed by atoms with Gasteiger partial charge in [0.25, 0.3) is 0 Å². The normalized spacial score (nSPS) is 22.3. The summed E-state index contributed by atoms with van der Waals surface area (Å²) >= 11 is 0. The number of hydrogen-bond donors (Lipinski definition) is 2. The zero-order valence-corrected chi connectivity index (χ0v) is 12.2. The van der Waals surface area contributed by atoms with Gasteiger partial charge in [-0.05, 0) is 43.4 Å². The predicted octanol–water partition coefficient (Wildman–Crippen LogP) is 1.50. The number of benzene rings is 1. The van der Waals surface area contributed by atoms with Crippen LogP contribution in [-0.2, 0) is 21.2 Å². The molecule has 5 nitrogen and oxygen atoms in total. The van der Waals surface area contributed by atoms with Crippen LogP contribution in [0.2, 0.25) is 0 Å². The Kier molecular flexibility index (Phi) is 3.96. The molecule has 2 aliphatic heterocycles. The van der Waals surface area contributed by atoms with Crippen LogP contribution in [0.15, 0.2) is 23.1 Å². The first-order valence-electron chi connectivity index (χ1n) is 7.13. The summed E-state index contributed by atoms with van der Waals surface area (Å²) in [6.45, 7) is 1.96. The van der Waals surface area contributed by atoms with E-state index in [9.17, 15) is 8.42 Å². The van der Waals surface area contributed by atoms with Crippen molar-refractivity contribution in [2.45, 2.75) is 36.7 Å². The molecule has 1 aromatic carbocycles. The number of sulfonamides is 1. The van der Waals surface area contributed by atoms with Crippen molar-refractivity contribution in [3.8, 4) is 0 Å². The van der Waals surface area contributed by atoms with Crippen LogP contribution >= 0.6 is 0 Å². The van der Waals surface area contributed by atoms with Crippen molar-refractivity contribution in [3.63, 3.8) is 0 Å². The Hall–Kier alpha value is -1.11. The first kappa shape index (κ1) is 13.9. The fourth-order valence-corrected chi connectivity index (χ4v) is 3.78. The lowest BCUT2D eigenvalue weighted by Crippen LogP contribution is -2.35. The maximum absolute atomic E-state index is 12.3. The Labute approximate surface area is 119 Å². The quantitative estimate of drug-likeness (QED) is 0.883. The van der Waals surface area contributed by atoms with Gasteiger partial charge in [0.1, 0.15) is 0 Å². The average molecular weight is 296 g/mol. The Morgan fingerprint density at radius 3 is 3.05 bits per heavy atom. The van der Waals surface area contributed by atoms with Crippen LogP contribution in [0.25, 0.3) is 0 Å². The van der Waals surface area contributed by atoms with Gasteiger partial charge in [-0.15, -0.1) is 0 Å². The fraction of sp³-hybridized carbons (Fsp3) is 0.571. The lowest BCUT2D eigenvalue weighted by molar-refractivity contribution is 0.0200. The highest BCUT2D eigenvalue weighted by atomic mass is 32.2. The van der Waals surface area contributed by atoms with Gasteiger partial charge in [-0.2, -0.15) is 0 Å². The van der Waals surface area contributed by atoms with Crippen LogP contribution in [-0.4, -0.2) is 34.2 Å². The van der Waals surface area contributed by atoms with Crippen LogP contribution < -0.4 is 10.0 Å². The number of hydrogen-bond acceptors (Lipinski definition) is 4. The number of rotatable bonds is 4. The van der Waals surface area contributed by atoms with E-state index >= 15 is 0 Å². The molecule has 0 spiro atoms. The van der Waals surface area contributed by atoms with E-state index in [4.69, 9.17) is 4.74 Å². The van der Waals surface area contributed by atoms with E-state index in [1.165, 1.54) is 5.56 Å². The van der Waals surface area contributed by atoms with Crippen molar-refractivity contribution in [2.75, 3.05) is 25.0 Å². The van der Waals surface area contributed by atoms with Crippen LogP contribution in [0.1, 0.15) is 24.8 Å². The Bertz CT molecular complexity index is 580. The summed E-state index contributed by atoms with van der Waals surface area (Å²) in [7, 11) is -3.45. The van der Waals surface area contributed by atoms with Gasteiger partial charge in [0, 0.05) is 25.4 Å². The molecule has 2 heterocycles. The molecule has 1 atom stereocenters.